The molecule has 1 aliphatic rings. The zero-order chi connectivity index (χ0) is 19.4. The number of hydrazine groups is 1. The van der Waals surface area contributed by atoms with Gasteiger partial charge in [-0.05, 0) is 43.7 Å². The maximum atomic E-state index is 12.3. The summed E-state index contributed by atoms with van der Waals surface area (Å²) >= 11 is 0. The lowest BCUT2D eigenvalue weighted by Crippen LogP contribution is -2.47. The summed E-state index contributed by atoms with van der Waals surface area (Å²) in [5.41, 5.74) is 6.10. The minimum atomic E-state index is -0.668. The van der Waals surface area contributed by atoms with Crippen molar-refractivity contribution in [1.82, 2.24) is 10.9 Å². The summed E-state index contributed by atoms with van der Waals surface area (Å²) in [5, 5.41) is 0. The predicted molar refractivity (Wildman–Crippen MR) is 98.9 cm³/mol. The SMILES string of the molecule is COc1cc(C(=O)NNC(=O)[C@H]2Cc3ccccc3O2)ccc1OC(C)C. The van der Waals surface area contributed by atoms with Crippen molar-refractivity contribution in [3.8, 4) is 17.2 Å². The van der Waals surface area contributed by atoms with Crippen molar-refractivity contribution >= 4 is 11.8 Å². The van der Waals surface area contributed by atoms with Gasteiger partial charge in [-0.15, -0.1) is 0 Å². The van der Waals surface area contributed by atoms with Gasteiger partial charge in [0.1, 0.15) is 5.75 Å². The number of carbonyl (C=O) groups excluding carboxylic acids is 2. The molecule has 2 aromatic rings. The lowest BCUT2D eigenvalue weighted by molar-refractivity contribution is -0.128. The molecule has 3 rings (SSSR count). The van der Waals surface area contributed by atoms with Gasteiger partial charge in [0.15, 0.2) is 17.6 Å². The molecule has 7 nitrogen and oxygen atoms in total. The van der Waals surface area contributed by atoms with Crippen molar-refractivity contribution in [1.29, 1.82) is 0 Å². The van der Waals surface area contributed by atoms with Crippen LogP contribution in [0.25, 0.3) is 0 Å². The quantitative estimate of drug-likeness (QED) is 0.789. The molecular formula is C20H22N2O5. The zero-order valence-corrected chi connectivity index (χ0v) is 15.4. The Bertz CT molecular complexity index is 825. The van der Waals surface area contributed by atoms with Crippen molar-refractivity contribution < 1.29 is 23.8 Å². The van der Waals surface area contributed by atoms with Gasteiger partial charge in [0.05, 0.1) is 13.2 Å². The molecule has 7 heteroatoms. The second-order valence-corrected chi connectivity index (χ2v) is 6.39. The average molecular weight is 370 g/mol. The number of ether oxygens (including phenoxy) is 3. The van der Waals surface area contributed by atoms with E-state index in [-0.39, 0.29) is 6.10 Å². The van der Waals surface area contributed by atoms with E-state index in [4.69, 9.17) is 14.2 Å². The number of hydrogen-bond acceptors (Lipinski definition) is 5. The number of para-hydroxylation sites is 1. The monoisotopic (exact) mass is 370 g/mol. The first-order valence-electron chi connectivity index (χ1n) is 8.67. The van der Waals surface area contributed by atoms with Crippen LogP contribution in [0.3, 0.4) is 0 Å². The van der Waals surface area contributed by atoms with Crippen LogP contribution in [0.1, 0.15) is 29.8 Å². The van der Waals surface area contributed by atoms with Gasteiger partial charge in [-0.3, -0.25) is 20.4 Å². The Morgan fingerprint density at radius 3 is 2.59 bits per heavy atom. The summed E-state index contributed by atoms with van der Waals surface area (Å²) in [5.74, 6) is 0.802. The van der Waals surface area contributed by atoms with E-state index >= 15 is 0 Å². The number of amides is 2. The Labute approximate surface area is 157 Å². The highest BCUT2D eigenvalue weighted by molar-refractivity contribution is 5.96. The fourth-order valence-electron chi connectivity index (χ4n) is 2.76. The second kappa shape index (κ2) is 7.99. The van der Waals surface area contributed by atoms with E-state index in [1.54, 1.807) is 18.2 Å². The van der Waals surface area contributed by atoms with Crippen LogP contribution in [0.4, 0.5) is 0 Å². The number of nitrogens with one attached hydrogen (secondary N) is 2. The van der Waals surface area contributed by atoms with E-state index in [0.717, 1.165) is 5.56 Å². The molecule has 0 saturated heterocycles. The molecule has 0 radical (unpaired) electrons. The molecule has 27 heavy (non-hydrogen) atoms. The maximum absolute atomic E-state index is 12.3. The Morgan fingerprint density at radius 2 is 1.89 bits per heavy atom. The largest absolute Gasteiger partial charge is 0.493 e. The van der Waals surface area contributed by atoms with Crippen molar-refractivity contribution in [2.75, 3.05) is 7.11 Å². The molecule has 1 atom stereocenters. The summed E-state index contributed by atoms with van der Waals surface area (Å²) in [6.07, 6.45) is -0.222. The third kappa shape index (κ3) is 4.31. The molecule has 0 aromatic heterocycles. The molecule has 2 amide bonds. The smallest absolute Gasteiger partial charge is 0.279 e. The van der Waals surface area contributed by atoms with Crippen LogP contribution in [0, 0.1) is 0 Å². The molecule has 0 aliphatic carbocycles. The van der Waals surface area contributed by atoms with Crippen molar-refractivity contribution in [2.24, 2.45) is 0 Å². The van der Waals surface area contributed by atoms with Crippen molar-refractivity contribution in [3.05, 3.63) is 53.6 Å². The molecule has 142 valence electrons. The predicted octanol–water partition coefficient (Wildman–Crippen LogP) is 2.25. The van der Waals surface area contributed by atoms with Crippen LogP contribution < -0.4 is 25.1 Å². The first kappa shape index (κ1) is 18.6. The average Bonchev–Trinajstić information content (AvgIpc) is 3.10. The van der Waals surface area contributed by atoms with Crippen LogP contribution >= 0.6 is 0 Å². The minimum absolute atomic E-state index is 0.0200. The topological polar surface area (TPSA) is 85.9 Å². The van der Waals surface area contributed by atoms with Gasteiger partial charge in [0, 0.05) is 12.0 Å². The van der Waals surface area contributed by atoms with Crippen LogP contribution in [-0.4, -0.2) is 31.1 Å². The Morgan fingerprint density at radius 1 is 1.11 bits per heavy atom. The minimum Gasteiger partial charge on any atom is -0.493 e. The number of hydrogen-bond donors (Lipinski definition) is 2. The lowest BCUT2D eigenvalue weighted by Gasteiger charge is -2.15. The molecular weight excluding hydrogens is 348 g/mol. The van der Waals surface area contributed by atoms with Gasteiger partial charge in [-0.2, -0.15) is 0 Å². The van der Waals surface area contributed by atoms with Gasteiger partial charge < -0.3 is 14.2 Å². The van der Waals surface area contributed by atoms with E-state index in [2.05, 4.69) is 10.9 Å². The number of benzene rings is 2. The Kier molecular flexibility index (Phi) is 5.49. The summed E-state index contributed by atoms with van der Waals surface area (Å²) in [4.78, 5) is 24.6. The van der Waals surface area contributed by atoms with Gasteiger partial charge >= 0.3 is 0 Å². The number of fused-ring (bicyclic) bond motifs is 1. The first-order valence-corrected chi connectivity index (χ1v) is 8.67. The van der Waals surface area contributed by atoms with E-state index in [0.29, 0.717) is 29.2 Å². The van der Waals surface area contributed by atoms with Crippen molar-refractivity contribution in [3.63, 3.8) is 0 Å². The standard InChI is InChI=1S/C20H22N2O5/c1-12(2)26-16-9-8-14(11-17(16)25-3)19(23)21-22-20(24)18-10-13-6-4-5-7-15(13)27-18/h4-9,11-12,18H,10H2,1-3H3,(H,21,23)(H,22,24)/t18-/m1/s1. The van der Waals surface area contributed by atoms with Crippen LogP contribution in [-0.2, 0) is 11.2 Å². The molecule has 1 heterocycles. The number of methoxy groups -OCH3 is 1. The van der Waals surface area contributed by atoms with E-state index in [1.807, 2.05) is 38.1 Å². The van der Waals surface area contributed by atoms with E-state index in [1.165, 1.54) is 7.11 Å². The zero-order valence-electron chi connectivity index (χ0n) is 15.4. The normalized spacial score (nSPS) is 14.9. The molecule has 0 saturated carbocycles. The lowest BCUT2D eigenvalue weighted by atomic mass is 10.1. The highest BCUT2D eigenvalue weighted by Crippen LogP contribution is 2.29. The summed E-state index contributed by atoms with van der Waals surface area (Å²) in [6.45, 7) is 3.80. The third-order valence-corrected chi connectivity index (χ3v) is 4.03. The summed E-state index contributed by atoms with van der Waals surface area (Å²) < 4.78 is 16.5. The molecule has 0 spiro atoms. The number of rotatable bonds is 5. The fourth-order valence-corrected chi connectivity index (χ4v) is 2.76. The molecule has 2 N–H and O–H groups in total. The molecule has 0 bridgehead atoms. The van der Waals surface area contributed by atoms with Gasteiger partial charge in [0.2, 0.25) is 0 Å². The third-order valence-electron chi connectivity index (χ3n) is 4.03. The highest BCUT2D eigenvalue weighted by atomic mass is 16.5. The van der Waals surface area contributed by atoms with E-state index in [9.17, 15) is 9.59 Å². The summed E-state index contributed by atoms with van der Waals surface area (Å²) in [6, 6.07) is 12.3. The van der Waals surface area contributed by atoms with Crippen LogP contribution in [0.2, 0.25) is 0 Å². The maximum Gasteiger partial charge on any atom is 0.279 e. The molecule has 0 fully saturated rings. The molecule has 2 aromatic carbocycles. The molecule has 0 unspecified atom stereocenters. The van der Waals surface area contributed by atoms with Gasteiger partial charge in [-0.25, -0.2) is 0 Å². The van der Waals surface area contributed by atoms with Crippen molar-refractivity contribution in [2.45, 2.75) is 32.5 Å². The second-order valence-electron chi connectivity index (χ2n) is 6.39. The molecule has 1 aliphatic heterocycles. The highest BCUT2D eigenvalue weighted by Gasteiger charge is 2.29. The van der Waals surface area contributed by atoms with Gasteiger partial charge in [0.25, 0.3) is 11.8 Å². The Hall–Kier alpha value is -3.22. The van der Waals surface area contributed by atoms with Crippen LogP contribution in [0.5, 0.6) is 17.2 Å². The first-order chi connectivity index (χ1) is 13.0. The fraction of sp³-hybridized carbons (Fsp3) is 0.300. The summed E-state index contributed by atoms with van der Waals surface area (Å²) in [7, 11) is 1.50. The van der Waals surface area contributed by atoms with Gasteiger partial charge in [-0.1, -0.05) is 18.2 Å². The van der Waals surface area contributed by atoms with Crippen LogP contribution in [0.15, 0.2) is 42.5 Å². The Balaban J connectivity index is 1.58. The number of carbonyl (C=O) groups is 2. The van der Waals surface area contributed by atoms with E-state index < -0.39 is 17.9 Å².